The Kier molecular flexibility index (Phi) is 5.66. The molecule has 0 saturated heterocycles. The first-order valence-electron chi connectivity index (χ1n) is 5.87. The van der Waals surface area contributed by atoms with Gasteiger partial charge in [-0.2, -0.15) is 0 Å². The van der Waals surface area contributed by atoms with Gasteiger partial charge in [0, 0.05) is 11.7 Å². The number of aliphatic hydroxyl groups excluding tert-OH is 1. The molecule has 1 rings (SSSR count). The number of anilines is 1. The van der Waals surface area contributed by atoms with Gasteiger partial charge >= 0.3 is 0 Å². The number of benzene rings is 1. The number of carbonyl (C=O) groups is 1. The number of hydrogen-bond acceptors (Lipinski definition) is 3. The van der Waals surface area contributed by atoms with Crippen LogP contribution in [0.25, 0.3) is 0 Å². The summed E-state index contributed by atoms with van der Waals surface area (Å²) < 4.78 is 0. The quantitative estimate of drug-likeness (QED) is 0.697. The molecular weight excluding hydrogens is 216 g/mol. The molecule has 0 unspecified atom stereocenters. The maximum absolute atomic E-state index is 11.6. The molecule has 0 fully saturated rings. The Labute approximate surface area is 102 Å². The fourth-order valence-electron chi connectivity index (χ4n) is 1.48. The molecule has 94 valence electrons. The number of rotatable bonds is 6. The van der Waals surface area contributed by atoms with Crippen molar-refractivity contribution in [2.24, 2.45) is 0 Å². The number of aryl methyl sites for hydroxylation is 1. The second kappa shape index (κ2) is 7.04. The van der Waals surface area contributed by atoms with Gasteiger partial charge in [-0.3, -0.25) is 4.79 Å². The smallest absolute Gasteiger partial charge is 0.238 e. The Morgan fingerprint density at radius 3 is 2.71 bits per heavy atom. The molecule has 0 bridgehead atoms. The molecule has 4 nitrogen and oxygen atoms in total. The van der Waals surface area contributed by atoms with E-state index in [1.807, 2.05) is 38.1 Å². The lowest BCUT2D eigenvalue weighted by Crippen LogP contribution is -2.37. The molecule has 1 amide bonds. The van der Waals surface area contributed by atoms with Crippen LogP contribution in [0, 0.1) is 6.92 Å². The van der Waals surface area contributed by atoms with Crippen LogP contribution < -0.4 is 10.6 Å². The highest BCUT2D eigenvalue weighted by molar-refractivity contribution is 5.92. The van der Waals surface area contributed by atoms with Crippen molar-refractivity contribution < 1.29 is 9.90 Å². The predicted molar refractivity (Wildman–Crippen MR) is 69.0 cm³/mol. The van der Waals surface area contributed by atoms with Crippen LogP contribution in [-0.2, 0) is 4.79 Å². The fourth-order valence-corrected chi connectivity index (χ4v) is 1.48. The molecule has 0 aliphatic carbocycles. The van der Waals surface area contributed by atoms with Crippen molar-refractivity contribution in [3.63, 3.8) is 0 Å². The van der Waals surface area contributed by atoms with Crippen molar-refractivity contribution in [1.29, 1.82) is 0 Å². The zero-order valence-electron chi connectivity index (χ0n) is 10.4. The summed E-state index contributed by atoms with van der Waals surface area (Å²) in [5, 5.41) is 14.8. The van der Waals surface area contributed by atoms with Crippen molar-refractivity contribution in [3.05, 3.63) is 29.8 Å². The lowest BCUT2D eigenvalue weighted by molar-refractivity contribution is -0.115. The van der Waals surface area contributed by atoms with Crippen molar-refractivity contribution in [3.8, 4) is 0 Å². The molecule has 17 heavy (non-hydrogen) atoms. The van der Waals surface area contributed by atoms with Crippen LogP contribution in [0.1, 0.15) is 18.9 Å². The maximum Gasteiger partial charge on any atom is 0.238 e. The van der Waals surface area contributed by atoms with Gasteiger partial charge in [-0.05, 0) is 25.0 Å². The third-order valence-electron chi connectivity index (χ3n) is 2.68. The Morgan fingerprint density at radius 1 is 1.41 bits per heavy atom. The van der Waals surface area contributed by atoms with E-state index in [9.17, 15) is 4.79 Å². The van der Waals surface area contributed by atoms with E-state index >= 15 is 0 Å². The van der Waals surface area contributed by atoms with Crippen molar-refractivity contribution in [1.82, 2.24) is 5.32 Å². The Balaban J connectivity index is 2.42. The molecular formula is C13H20N2O2. The molecule has 0 saturated carbocycles. The van der Waals surface area contributed by atoms with Crippen molar-refractivity contribution in [2.45, 2.75) is 26.3 Å². The van der Waals surface area contributed by atoms with Crippen LogP contribution in [0.5, 0.6) is 0 Å². The molecule has 0 heterocycles. The molecule has 4 heteroatoms. The summed E-state index contributed by atoms with van der Waals surface area (Å²) >= 11 is 0. The third kappa shape index (κ3) is 4.54. The molecule has 1 aromatic rings. The molecule has 0 aromatic heterocycles. The summed E-state index contributed by atoms with van der Waals surface area (Å²) in [6.45, 7) is 4.18. The number of aliphatic hydroxyl groups is 1. The van der Waals surface area contributed by atoms with E-state index in [0.29, 0.717) is 0 Å². The second-order valence-electron chi connectivity index (χ2n) is 4.03. The van der Waals surface area contributed by atoms with Crippen LogP contribution >= 0.6 is 0 Å². The molecule has 0 aliphatic rings. The first-order valence-corrected chi connectivity index (χ1v) is 5.87. The molecule has 0 spiro atoms. The van der Waals surface area contributed by atoms with Gasteiger partial charge in [0.1, 0.15) is 0 Å². The largest absolute Gasteiger partial charge is 0.395 e. The van der Waals surface area contributed by atoms with E-state index in [-0.39, 0.29) is 25.1 Å². The van der Waals surface area contributed by atoms with Gasteiger partial charge in [0.05, 0.1) is 13.2 Å². The van der Waals surface area contributed by atoms with Gasteiger partial charge in [-0.25, -0.2) is 0 Å². The van der Waals surface area contributed by atoms with E-state index in [1.165, 1.54) is 0 Å². The minimum Gasteiger partial charge on any atom is -0.395 e. The minimum atomic E-state index is -0.0915. The Morgan fingerprint density at radius 2 is 2.12 bits per heavy atom. The predicted octanol–water partition coefficient (Wildman–Crippen LogP) is 1.29. The summed E-state index contributed by atoms with van der Waals surface area (Å²) in [6, 6.07) is 7.63. The number of carbonyl (C=O) groups excluding carboxylic acids is 1. The zero-order chi connectivity index (χ0) is 12.7. The molecule has 1 aromatic carbocycles. The Hall–Kier alpha value is -1.39. The second-order valence-corrected chi connectivity index (χ2v) is 4.03. The molecule has 1 atom stereocenters. The number of nitrogens with one attached hydrogen (secondary N) is 2. The van der Waals surface area contributed by atoms with Gasteiger partial charge in [0.15, 0.2) is 0 Å². The highest BCUT2D eigenvalue weighted by Crippen LogP contribution is 2.12. The van der Waals surface area contributed by atoms with Crippen molar-refractivity contribution >= 4 is 11.6 Å². The summed E-state index contributed by atoms with van der Waals surface area (Å²) in [5.74, 6) is -0.0915. The molecule has 0 aliphatic heterocycles. The third-order valence-corrected chi connectivity index (χ3v) is 2.68. The average Bonchev–Trinajstić information content (AvgIpc) is 2.33. The van der Waals surface area contributed by atoms with Crippen LogP contribution in [-0.4, -0.2) is 30.2 Å². The normalized spacial score (nSPS) is 12.2. The summed E-state index contributed by atoms with van der Waals surface area (Å²) in [5.41, 5.74) is 1.87. The zero-order valence-corrected chi connectivity index (χ0v) is 10.4. The number of hydrogen-bond donors (Lipinski definition) is 3. The summed E-state index contributed by atoms with van der Waals surface area (Å²) in [6.07, 6.45) is 0.800. The van der Waals surface area contributed by atoms with E-state index < -0.39 is 0 Å². The Bertz CT molecular complexity index is 362. The lowest BCUT2D eigenvalue weighted by Gasteiger charge is -2.14. The monoisotopic (exact) mass is 236 g/mol. The topological polar surface area (TPSA) is 61.4 Å². The van der Waals surface area contributed by atoms with Crippen LogP contribution in [0.3, 0.4) is 0 Å². The first-order chi connectivity index (χ1) is 8.17. The van der Waals surface area contributed by atoms with Crippen LogP contribution in [0.2, 0.25) is 0 Å². The van der Waals surface area contributed by atoms with E-state index in [1.54, 1.807) is 0 Å². The van der Waals surface area contributed by atoms with Gasteiger partial charge in [0.2, 0.25) is 5.91 Å². The van der Waals surface area contributed by atoms with Crippen molar-refractivity contribution in [2.75, 3.05) is 18.5 Å². The molecule has 0 radical (unpaired) electrons. The van der Waals surface area contributed by atoms with Crippen LogP contribution in [0.15, 0.2) is 24.3 Å². The van der Waals surface area contributed by atoms with Gasteiger partial charge in [0.25, 0.3) is 0 Å². The minimum absolute atomic E-state index is 0.0161. The van der Waals surface area contributed by atoms with E-state index in [0.717, 1.165) is 17.7 Å². The summed E-state index contributed by atoms with van der Waals surface area (Å²) in [4.78, 5) is 11.6. The first kappa shape index (κ1) is 13.7. The highest BCUT2D eigenvalue weighted by atomic mass is 16.3. The summed E-state index contributed by atoms with van der Waals surface area (Å²) in [7, 11) is 0. The average molecular weight is 236 g/mol. The lowest BCUT2D eigenvalue weighted by atomic mass is 10.2. The number of para-hydroxylation sites is 1. The standard InChI is InChI=1S/C13H20N2O2/c1-3-11(9-16)14-8-13(17)15-12-7-5-4-6-10(12)2/h4-7,11,14,16H,3,8-9H2,1-2H3,(H,15,17)/t11-/m1/s1. The van der Waals surface area contributed by atoms with E-state index in [2.05, 4.69) is 10.6 Å². The SMILES string of the molecule is CC[C@H](CO)NCC(=O)Nc1ccccc1C. The fraction of sp³-hybridized carbons (Fsp3) is 0.462. The molecule has 3 N–H and O–H groups in total. The highest BCUT2D eigenvalue weighted by Gasteiger charge is 2.07. The van der Waals surface area contributed by atoms with Gasteiger partial charge < -0.3 is 15.7 Å². The van der Waals surface area contributed by atoms with Gasteiger partial charge in [-0.15, -0.1) is 0 Å². The van der Waals surface area contributed by atoms with Gasteiger partial charge in [-0.1, -0.05) is 25.1 Å². The maximum atomic E-state index is 11.6. The number of amides is 1. The van der Waals surface area contributed by atoms with E-state index in [4.69, 9.17) is 5.11 Å². The van der Waals surface area contributed by atoms with Crippen LogP contribution in [0.4, 0.5) is 5.69 Å².